The smallest absolute Gasteiger partial charge is 0.303 e. The number of nitrogens with one attached hydrogen (secondary N) is 1. The summed E-state index contributed by atoms with van der Waals surface area (Å²) in [6.45, 7) is 0.711. The zero-order valence-corrected chi connectivity index (χ0v) is 8.23. The maximum absolute atomic E-state index is 10.7. The van der Waals surface area contributed by atoms with Gasteiger partial charge in [0.05, 0.1) is 12.1 Å². The Morgan fingerprint density at radius 1 is 1.53 bits per heavy atom. The number of fused-ring (bicyclic) bond motifs is 1. The molecular weight excluding hydrogens is 194 g/mol. The van der Waals surface area contributed by atoms with Crippen molar-refractivity contribution in [2.24, 2.45) is 0 Å². The minimum absolute atomic E-state index is 0.00542. The van der Waals surface area contributed by atoms with E-state index in [0.29, 0.717) is 12.2 Å². The monoisotopic (exact) mass is 207 g/mol. The third-order valence-electron chi connectivity index (χ3n) is 2.73. The lowest BCUT2D eigenvalue weighted by Gasteiger charge is -2.26. The van der Waals surface area contributed by atoms with Crippen molar-refractivity contribution in [1.82, 2.24) is 0 Å². The highest BCUT2D eigenvalue weighted by molar-refractivity contribution is 5.71. The van der Waals surface area contributed by atoms with Gasteiger partial charge in [0.1, 0.15) is 5.75 Å². The lowest BCUT2D eigenvalue weighted by atomic mass is 9.88. The summed E-state index contributed by atoms with van der Waals surface area (Å²) in [4.78, 5) is 10.7. The predicted octanol–water partition coefficient (Wildman–Crippen LogP) is 1.77. The molecule has 2 rings (SSSR count). The Labute approximate surface area is 87.6 Å². The average Bonchev–Trinajstić information content (AvgIpc) is 2.19. The van der Waals surface area contributed by atoms with Gasteiger partial charge in [0.2, 0.25) is 0 Å². The molecule has 0 aromatic heterocycles. The van der Waals surface area contributed by atoms with Gasteiger partial charge in [0.25, 0.3) is 0 Å². The SMILES string of the molecule is O=C(O)CC1CCNc2c(O)cccc21. The van der Waals surface area contributed by atoms with E-state index in [-0.39, 0.29) is 18.1 Å². The lowest BCUT2D eigenvalue weighted by Crippen LogP contribution is -2.19. The van der Waals surface area contributed by atoms with Crippen LogP contribution in [0.15, 0.2) is 18.2 Å². The van der Waals surface area contributed by atoms with Gasteiger partial charge in [-0.25, -0.2) is 0 Å². The second kappa shape index (κ2) is 3.81. The third-order valence-corrected chi connectivity index (χ3v) is 2.73. The molecule has 0 aliphatic carbocycles. The number of rotatable bonds is 2. The number of aliphatic carboxylic acids is 1. The maximum Gasteiger partial charge on any atom is 0.303 e. The van der Waals surface area contributed by atoms with E-state index in [4.69, 9.17) is 5.11 Å². The molecule has 0 amide bonds. The molecular formula is C11H13NO3. The van der Waals surface area contributed by atoms with Crippen molar-refractivity contribution in [3.05, 3.63) is 23.8 Å². The summed E-state index contributed by atoms with van der Waals surface area (Å²) in [5, 5.41) is 21.5. The minimum Gasteiger partial charge on any atom is -0.506 e. The van der Waals surface area contributed by atoms with Gasteiger partial charge in [0.15, 0.2) is 0 Å². The lowest BCUT2D eigenvalue weighted by molar-refractivity contribution is -0.137. The summed E-state index contributed by atoms with van der Waals surface area (Å²) in [6.07, 6.45) is 0.918. The molecule has 4 nitrogen and oxygen atoms in total. The largest absolute Gasteiger partial charge is 0.506 e. The van der Waals surface area contributed by atoms with Crippen LogP contribution in [0.4, 0.5) is 5.69 Å². The maximum atomic E-state index is 10.7. The molecule has 1 unspecified atom stereocenters. The average molecular weight is 207 g/mol. The van der Waals surface area contributed by atoms with Crippen LogP contribution in [-0.4, -0.2) is 22.7 Å². The van der Waals surface area contributed by atoms with E-state index >= 15 is 0 Å². The number of carbonyl (C=O) groups is 1. The first kappa shape index (κ1) is 9.83. The van der Waals surface area contributed by atoms with Gasteiger partial charge in [-0.2, -0.15) is 0 Å². The first-order valence-electron chi connectivity index (χ1n) is 4.96. The molecule has 15 heavy (non-hydrogen) atoms. The number of benzene rings is 1. The number of hydrogen-bond acceptors (Lipinski definition) is 3. The standard InChI is InChI=1S/C11H13NO3/c13-9-3-1-2-8-7(6-10(14)15)4-5-12-11(8)9/h1-3,7,12-13H,4-6H2,(H,14,15). The molecule has 1 atom stereocenters. The molecule has 0 spiro atoms. The van der Waals surface area contributed by atoms with Crippen LogP contribution in [0.3, 0.4) is 0 Å². The van der Waals surface area contributed by atoms with Crippen LogP contribution in [-0.2, 0) is 4.79 Å². The Morgan fingerprint density at radius 2 is 2.33 bits per heavy atom. The molecule has 0 saturated carbocycles. The quantitative estimate of drug-likeness (QED) is 0.646. The van der Waals surface area contributed by atoms with Crippen molar-refractivity contribution in [3.63, 3.8) is 0 Å². The summed E-state index contributed by atoms with van der Waals surface area (Å²) < 4.78 is 0. The van der Waals surface area contributed by atoms with Crippen LogP contribution >= 0.6 is 0 Å². The number of para-hydroxylation sites is 1. The Kier molecular flexibility index (Phi) is 2.49. The van der Waals surface area contributed by atoms with Gasteiger partial charge in [0, 0.05) is 6.54 Å². The van der Waals surface area contributed by atoms with E-state index in [1.165, 1.54) is 0 Å². The van der Waals surface area contributed by atoms with E-state index in [1.54, 1.807) is 12.1 Å². The molecule has 1 aliphatic heterocycles. The van der Waals surface area contributed by atoms with E-state index < -0.39 is 5.97 Å². The van der Waals surface area contributed by atoms with Crippen LogP contribution in [0.5, 0.6) is 5.75 Å². The van der Waals surface area contributed by atoms with Gasteiger partial charge in [-0.3, -0.25) is 4.79 Å². The van der Waals surface area contributed by atoms with Crippen LogP contribution in [0.25, 0.3) is 0 Å². The summed E-state index contributed by atoms with van der Waals surface area (Å²) in [5.41, 5.74) is 1.60. The Hall–Kier alpha value is -1.71. The number of phenols is 1. The van der Waals surface area contributed by atoms with E-state index in [9.17, 15) is 9.90 Å². The summed E-state index contributed by atoms with van der Waals surface area (Å²) in [7, 11) is 0. The summed E-state index contributed by atoms with van der Waals surface area (Å²) >= 11 is 0. The highest BCUT2D eigenvalue weighted by atomic mass is 16.4. The molecule has 1 aliphatic rings. The molecule has 0 radical (unpaired) electrons. The Balaban J connectivity index is 2.34. The van der Waals surface area contributed by atoms with Gasteiger partial charge < -0.3 is 15.5 Å². The zero-order valence-electron chi connectivity index (χ0n) is 8.23. The van der Waals surface area contributed by atoms with Crippen molar-refractivity contribution in [3.8, 4) is 5.75 Å². The zero-order chi connectivity index (χ0) is 10.8. The molecule has 4 heteroatoms. The summed E-state index contributed by atoms with van der Waals surface area (Å²) in [6, 6.07) is 5.22. The van der Waals surface area contributed by atoms with Crippen molar-refractivity contribution >= 4 is 11.7 Å². The van der Waals surface area contributed by atoms with Crippen LogP contribution in [0, 0.1) is 0 Å². The number of carboxylic acids is 1. The number of hydrogen-bond donors (Lipinski definition) is 3. The van der Waals surface area contributed by atoms with Crippen molar-refractivity contribution < 1.29 is 15.0 Å². The molecule has 1 heterocycles. The van der Waals surface area contributed by atoms with Gasteiger partial charge in [-0.15, -0.1) is 0 Å². The topological polar surface area (TPSA) is 69.6 Å². The second-order valence-electron chi connectivity index (χ2n) is 3.75. The highest BCUT2D eigenvalue weighted by Crippen LogP contribution is 2.38. The van der Waals surface area contributed by atoms with E-state index in [2.05, 4.69) is 5.32 Å². The van der Waals surface area contributed by atoms with E-state index in [1.807, 2.05) is 6.07 Å². The molecule has 1 aromatic rings. The molecule has 1 aromatic carbocycles. The van der Waals surface area contributed by atoms with Crippen LogP contribution < -0.4 is 5.32 Å². The fourth-order valence-electron chi connectivity index (χ4n) is 2.04. The summed E-state index contributed by atoms with van der Waals surface area (Å²) in [5.74, 6) is -0.593. The molecule has 0 bridgehead atoms. The van der Waals surface area contributed by atoms with Crippen molar-refractivity contribution in [2.75, 3.05) is 11.9 Å². The molecule has 80 valence electrons. The predicted molar refractivity (Wildman–Crippen MR) is 56.2 cm³/mol. The van der Waals surface area contributed by atoms with Gasteiger partial charge in [-0.1, -0.05) is 12.1 Å². The Morgan fingerprint density at radius 3 is 3.07 bits per heavy atom. The highest BCUT2D eigenvalue weighted by Gasteiger charge is 2.23. The third kappa shape index (κ3) is 1.88. The van der Waals surface area contributed by atoms with Crippen molar-refractivity contribution in [1.29, 1.82) is 0 Å². The fourth-order valence-corrected chi connectivity index (χ4v) is 2.04. The molecule has 0 fully saturated rings. The number of aromatic hydroxyl groups is 1. The first-order valence-corrected chi connectivity index (χ1v) is 4.96. The first-order chi connectivity index (χ1) is 7.18. The normalized spacial score (nSPS) is 19.1. The van der Waals surface area contributed by atoms with E-state index in [0.717, 1.165) is 12.0 Å². The van der Waals surface area contributed by atoms with Crippen LogP contribution in [0.1, 0.15) is 24.3 Å². The molecule has 0 saturated heterocycles. The van der Waals surface area contributed by atoms with Crippen LogP contribution in [0.2, 0.25) is 0 Å². The van der Waals surface area contributed by atoms with Gasteiger partial charge in [-0.05, 0) is 24.0 Å². The second-order valence-corrected chi connectivity index (χ2v) is 3.75. The fraction of sp³-hybridized carbons (Fsp3) is 0.364. The molecule has 3 N–H and O–H groups in total. The minimum atomic E-state index is -0.795. The number of anilines is 1. The van der Waals surface area contributed by atoms with Gasteiger partial charge >= 0.3 is 5.97 Å². The van der Waals surface area contributed by atoms with Crippen molar-refractivity contribution in [2.45, 2.75) is 18.8 Å². The number of phenolic OH excluding ortho intramolecular Hbond substituents is 1. The number of carboxylic acid groups (broad SMARTS) is 1. The Bertz CT molecular complexity index is 389.